The highest BCUT2D eigenvalue weighted by molar-refractivity contribution is 7.98. The Morgan fingerprint density at radius 1 is 1.18 bits per heavy atom. The van der Waals surface area contributed by atoms with E-state index in [0.29, 0.717) is 21.9 Å². The number of aromatic nitrogens is 3. The molecule has 1 N–H and O–H groups in total. The van der Waals surface area contributed by atoms with Crippen LogP contribution >= 0.6 is 11.8 Å². The third-order valence-corrected chi connectivity index (χ3v) is 5.36. The van der Waals surface area contributed by atoms with Gasteiger partial charge in [-0.2, -0.15) is 0 Å². The maximum Gasteiger partial charge on any atom is 0.283 e. The van der Waals surface area contributed by atoms with E-state index in [-0.39, 0.29) is 11.3 Å². The van der Waals surface area contributed by atoms with Gasteiger partial charge in [0, 0.05) is 11.4 Å². The fourth-order valence-corrected chi connectivity index (χ4v) is 3.98. The molecule has 4 rings (SSSR count). The summed E-state index contributed by atoms with van der Waals surface area (Å²) in [7, 11) is 1.43. The summed E-state index contributed by atoms with van der Waals surface area (Å²) in [5.41, 5.74) is 3.32. The maximum absolute atomic E-state index is 14.0. The number of nitrogens with zero attached hydrogens (tertiary/aromatic N) is 2. The smallest absolute Gasteiger partial charge is 0.283 e. The summed E-state index contributed by atoms with van der Waals surface area (Å²) in [5.74, 6) is 0.262. The van der Waals surface area contributed by atoms with E-state index >= 15 is 0 Å². The molecule has 5 nitrogen and oxygen atoms in total. The van der Waals surface area contributed by atoms with Crippen molar-refractivity contribution in [2.75, 3.05) is 7.11 Å². The highest BCUT2D eigenvalue weighted by Crippen LogP contribution is 2.26. The van der Waals surface area contributed by atoms with Crippen LogP contribution in [-0.2, 0) is 5.75 Å². The Hall–Kier alpha value is -3.06. The number of nitrogens with one attached hydrogen (secondary N) is 1. The van der Waals surface area contributed by atoms with Crippen molar-refractivity contribution in [3.05, 3.63) is 82.0 Å². The minimum absolute atomic E-state index is 0.160. The van der Waals surface area contributed by atoms with E-state index in [0.717, 1.165) is 16.9 Å². The van der Waals surface area contributed by atoms with Gasteiger partial charge in [0.1, 0.15) is 5.52 Å². The Labute approximate surface area is 165 Å². The number of ether oxygens (including phenoxy) is 1. The van der Waals surface area contributed by atoms with Crippen LogP contribution < -0.4 is 10.3 Å². The molecule has 2 aromatic carbocycles. The number of hydrogen-bond acceptors (Lipinski definition) is 4. The molecule has 0 bridgehead atoms. The Morgan fingerprint density at radius 2 is 1.96 bits per heavy atom. The largest absolute Gasteiger partial charge is 0.494 e. The molecule has 7 heteroatoms. The summed E-state index contributed by atoms with van der Waals surface area (Å²) in [6.07, 6.45) is 0. The second-order valence-corrected chi connectivity index (χ2v) is 7.28. The summed E-state index contributed by atoms with van der Waals surface area (Å²) in [4.78, 5) is 20.9. The predicted octanol–water partition coefficient (Wildman–Crippen LogP) is 4.46. The molecule has 0 aliphatic carbocycles. The zero-order chi connectivity index (χ0) is 19.7. The van der Waals surface area contributed by atoms with Gasteiger partial charge >= 0.3 is 0 Å². The minimum atomic E-state index is -0.411. The molecule has 28 heavy (non-hydrogen) atoms. The van der Waals surface area contributed by atoms with Crippen LogP contribution in [0.3, 0.4) is 0 Å². The van der Waals surface area contributed by atoms with Crippen LogP contribution in [0.2, 0.25) is 0 Å². The molecule has 0 unspecified atom stereocenters. The van der Waals surface area contributed by atoms with Crippen LogP contribution in [0.15, 0.2) is 64.5 Å². The van der Waals surface area contributed by atoms with Crippen molar-refractivity contribution in [3.63, 3.8) is 0 Å². The fraction of sp³-hybridized carbons (Fsp3) is 0.143. The minimum Gasteiger partial charge on any atom is -0.494 e. The summed E-state index contributed by atoms with van der Waals surface area (Å²) < 4.78 is 20.5. The number of rotatable bonds is 5. The molecule has 0 radical (unpaired) electrons. The average molecular weight is 395 g/mol. The molecule has 0 atom stereocenters. The first-order valence-corrected chi connectivity index (χ1v) is 9.68. The van der Waals surface area contributed by atoms with E-state index in [2.05, 4.69) is 9.97 Å². The van der Waals surface area contributed by atoms with Gasteiger partial charge in [-0.3, -0.25) is 9.36 Å². The lowest BCUT2D eigenvalue weighted by atomic mass is 10.2. The zero-order valence-corrected chi connectivity index (χ0v) is 16.2. The normalized spacial score (nSPS) is 11.1. The molecule has 2 heterocycles. The average Bonchev–Trinajstić information content (AvgIpc) is 3.08. The van der Waals surface area contributed by atoms with Crippen molar-refractivity contribution in [3.8, 4) is 11.4 Å². The Bertz CT molecular complexity index is 1200. The van der Waals surface area contributed by atoms with Gasteiger partial charge in [0.15, 0.2) is 16.7 Å². The maximum atomic E-state index is 14.0. The monoisotopic (exact) mass is 395 g/mol. The lowest BCUT2D eigenvalue weighted by molar-refractivity contribution is 0.386. The standard InChI is InChI=1S/C21H18FN3O2S/c1-13-10-17-19(23-13)20(26)25(15-6-4-3-5-7-15)21(24-17)28-12-14-8-9-18(27-2)16(22)11-14/h3-11,23H,12H2,1-2H3. The molecule has 2 aromatic heterocycles. The number of methoxy groups -OCH3 is 1. The van der Waals surface area contributed by atoms with E-state index < -0.39 is 5.82 Å². The first kappa shape index (κ1) is 18.3. The van der Waals surface area contributed by atoms with Gasteiger partial charge in [0.05, 0.1) is 18.3 Å². The number of halogens is 1. The first-order chi connectivity index (χ1) is 13.6. The van der Waals surface area contributed by atoms with Gasteiger partial charge in [-0.15, -0.1) is 0 Å². The molecule has 0 fully saturated rings. The molecular weight excluding hydrogens is 377 g/mol. The quantitative estimate of drug-likeness (QED) is 0.400. The van der Waals surface area contributed by atoms with Crippen molar-refractivity contribution in [1.29, 1.82) is 0 Å². The van der Waals surface area contributed by atoms with Gasteiger partial charge < -0.3 is 9.72 Å². The van der Waals surface area contributed by atoms with Crippen molar-refractivity contribution in [2.45, 2.75) is 17.8 Å². The molecule has 0 aliphatic rings. The van der Waals surface area contributed by atoms with E-state index in [4.69, 9.17) is 4.74 Å². The van der Waals surface area contributed by atoms with E-state index in [1.807, 2.05) is 43.3 Å². The second kappa shape index (κ2) is 7.52. The van der Waals surface area contributed by atoms with Crippen molar-refractivity contribution in [2.24, 2.45) is 0 Å². The number of para-hydroxylation sites is 1. The van der Waals surface area contributed by atoms with Crippen LogP contribution in [0.25, 0.3) is 16.7 Å². The molecule has 0 aliphatic heterocycles. The first-order valence-electron chi connectivity index (χ1n) is 8.70. The predicted molar refractivity (Wildman–Crippen MR) is 109 cm³/mol. The van der Waals surface area contributed by atoms with E-state index in [9.17, 15) is 9.18 Å². The van der Waals surface area contributed by atoms with Gasteiger partial charge in [0.2, 0.25) is 0 Å². The molecule has 142 valence electrons. The number of thioether (sulfide) groups is 1. The van der Waals surface area contributed by atoms with Crippen LogP contribution in [-0.4, -0.2) is 21.6 Å². The second-order valence-electron chi connectivity index (χ2n) is 6.34. The molecule has 4 aromatic rings. The molecular formula is C21H18FN3O2S. The van der Waals surface area contributed by atoms with Crippen LogP contribution in [0, 0.1) is 12.7 Å². The van der Waals surface area contributed by atoms with Crippen LogP contribution in [0.1, 0.15) is 11.3 Å². The number of aromatic amines is 1. The number of H-pyrrole nitrogens is 1. The lowest BCUT2D eigenvalue weighted by Gasteiger charge is -2.12. The third-order valence-electron chi connectivity index (χ3n) is 4.35. The van der Waals surface area contributed by atoms with Crippen LogP contribution in [0.5, 0.6) is 5.75 Å². The topological polar surface area (TPSA) is 59.9 Å². The highest BCUT2D eigenvalue weighted by Gasteiger charge is 2.15. The van der Waals surface area contributed by atoms with Gasteiger partial charge in [0.25, 0.3) is 5.56 Å². The van der Waals surface area contributed by atoms with Crippen LogP contribution in [0.4, 0.5) is 4.39 Å². The van der Waals surface area contributed by atoms with Crippen molar-refractivity contribution in [1.82, 2.24) is 14.5 Å². The number of hydrogen-bond donors (Lipinski definition) is 1. The Morgan fingerprint density at radius 3 is 2.68 bits per heavy atom. The number of aryl methyl sites for hydroxylation is 1. The van der Waals surface area contributed by atoms with Crippen molar-refractivity contribution >= 4 is 22.8 Å². The fourth-order valence-electron chi connectivity index (χ4n) is 3.03. The van der Waals surface area contributed by atoms with E-state index in [1.165, 1.54) is 24.9 Å². The zero-order valence-electron chi connectivity index (χ0n) is 15.4. The summed E-state index contributed by atoms with van der Waals surface area (Å²) >= 11 is 1.39. The summed E-state index contributed by atoms with van der Waals surface area (Å²) in [5, 5.41) is 0.555. The Kier molecular flexibility index (Phi) is 4.92. The third kappa shape index (κ3) is 3.41. The SMILES string of the molecule is COc1ccc(CSc2nc3cc(C)[nH]c3c(=O)n2-c2ccccc2)cc1F. The number of benzene rings is 2. The highest BCUT2D eigenvalue weighted by atomic mass is 32.2. The molecule has 0 spiro atoms. The van der Waals surface area contributed by atoms with Gasteiger partial charge in [-0.05, 0) is 42.8 Å². The molecule has 0 saturated heterocycles. The van der Waals surface area contributed by atoms with Crippen molar-refractivity contribution < 1.29 is 9.13 Å². The summed E-state index contributed by atoms with van der Waals surface area (Å²) in [6, 6.07) is 16.1. The van der Waals surface area contributed by atoms with E-state index in [1.54, 1.807) is 16.7 Å². The molecule has 0 saturated carbocycles. The van der Waals surface area contributed by atoms with Gasteiger partial charge in [-0.1, -0.05) is 36.0 Å². The lowest BCUT2D eigenvalue weighted by Crippen LogP contribution is -2.21. The molecule has 0 amide bonds. The Balaban J connectivity index is 1.77. The van der Waals surface area contributed by atoms with Gasteiger partial charge in [-0.25, -0.2) is 9.37 Å². The summed E-state index contributed by atoms with van der Waals surface area (Å²) in [6.45, 7) is 1.89. The number of fused-ring (bicyclic) bond motifs is 1.